The molecule has 0 bridgehead atoms. The van der Waals surface area contributed by atoms with E-state index in [4.69, 9.17) is 0 Å². The summed E-state index contributed by atoms with van der Waals surface area (Å²) in [5, 5.41) is 0. The molecule has 0 aromatic carbocycles. The zero-order valence-electron chi connectivity index (χ0n) is 5.53. The van der Waals surface area contributed by atoms with Crippen LogP contribution in [0.4, 0.5) is 17.6 Å². The van der Waals surface area contributed by atoms with Crippen LogP contribution in [0.25, 0.3) is 0 Å². The number of hydrogen-bond acceptors (Lipinski definition) is 2. The van der Waals surface area contributed by atoms with Crippen molar-refractivity contribution in [3.05, 3.63) is 6.92 Å². The number of hydrogen-bond donors (Lipinski definition) is 0. The van der Waals surface area contributed by atoms with Crippen LogP contribution in [-0.4, -0.2) is 25.9 Å². The summed E-state index contributed by atoms with van der Waals surface area (Å²) >= 11 is 0. The maximum atomic E-state index is 11.3. The van der Waals surface area contributed by atoms with Gasteiger partial charge in [0.05, 0.1) is 12.7 Å². The second-order valence-electron chi connectivity index (χ2n) is 1.65. The Labute approximate surface area is 61.1 Å². The molecule has 0 aliphatic carbocycles. The highest BCUT2D eigenvalue weighted by molar-refractivity contribution is 4.56. The molecule has 6 heteroatoms. The first-order valence-corrected chi connectivity index (χ1v) is 2.67. The van der Waals surface area contributed by atoms with Crippen molar-refractivity contribution in [1.82, 2.24) is 0 Å². The van der Waals surface area contributed by atoms with Crippen molar-refractivity contribution < 1.29 is 27.0 Å². The number of halogens is 4. The summed E-state index contributed by atoms with van der Waals surface area (Å²) in [6.45, 7) is 1.07. The minimum atomic E-state index is -4.71. The summed E-state index contributed by atoms with van der Waals surface area (Å²) in [5.74, 6) is 0. The van der Waals surface area contributed by atoms with E-state index in [2.05, 4.69) is 16.4 Å². The van der Waals surface area contributed by atoms with E-state index in [9.17, 15) is 17.6 Å². The van der Waals surface area contributed by atoms with Gasteiger partial charge in [0.1, 0.15) is 0 Å². The lowest BCUT2D eigenvalue weighted by Gasteiger charge is -2.11. The lowest BCUT2D eigenvalue weighted by Crippen LogP contribution is -2.23. The summed E-state index contributed by atoms with van der Waals surface area (Å²) in [4.78, 5) is 0. The van der Waals surface area contributed by atoms with Gasteiger partial charge in [-0.05, 0) is 6.92 Å². The highest BCUT2D eigenvalue weighted by atomic mass is 19.4. The Hall–Kier alpha value is -0.360. The average molecular weight is 175 g/mol. The third-order valence-corrected chi connectivity index (χ3v) is 0.732. The summed E-state index contributed by atoms with van der Waals surface area (Å²) in [5.41, 5.74) is 0. The Morgan fingerprint density at radius 3 is 2.27 bits per heavy atom. The minimum absolute atomic E-state index is 0.798. The molecule has 11 heavy (non-hydrogen) atoms. The van der Waals surface area contributed by atoms with E-state index >= 15 is 0 Å². The van der Waals surface area contributed by atoms with E-state index in [-0.39, 0.29) is 0 Å². The molecule has 1 radical (unpaired) electrons. The Bertz CT molecular complexity index is 103. The maximum absolute atomic E-state index is 11.3. The van der Waals surface area contributed by atoms with Crippen LogP contribution in [0, 0.1) is 6.92 Å². The second-order valence-corrected chi connectivity index (χ2v) is 1.65. The molecule has 0 spiro atoms. The van der Waals surface area contributed by atoms with Gasteiger partial charge in [-0.1, -0.05) is 0 Å². The lowest BCUT2D eigenvalue weighted by molar-refractivity contribution is -0.330. The quantitative estimate of drug-likeness (QED) is 0.605. The van der Waals surface area contributed by atoms with Crippen LogP contribution >= 0.6 is 0 Å². The predicted molar refractivity (Wildman–Crippen MR) is 28.2 cm³/mol. The summed E-state index contributed by atoms with van der Waals surface area (Å²) in [7, 11) is 0. The van der Waals surface area contributed by atoms with Gasteiger partial charge in [-0.3, -0.25) is 4.74 Å². The molecule has 0 aliphatic heterocycles. The van der Waals surface area contributed by atoms with E-state index in [0.29, 0.717) is 0 Å². The van der Waals surface area contributed by atoms with Crippen molar-refractivity contribution in [3.63, 3.8) is 0 Å². The Morgan fingerprint density at radius 2 is 1.91 bits per heavy atom. The smallest absolute Gasteiger partial charge is 0.345 e. The average Bonchev–Trinajstić information content (AvgIpc) is 1.83. The Morgan fingerprint density at radius 1 is 1.36 bits per heavy atom. The number of alkyl halides is 4. The largest absolute Gasteiger partial charge is 0.522 e. The van der Waals surface area contributed by atoms with E-state index in [1.165, 1.54) is 0 Å². The zero-order chi connectivity index (χ0) is 8.91. The Kier molecular flexibility index (Phi) is 4.36. The molecule has 0 rings (SSSR count). The van der Waals surface area contributed by atoms with E-state index < -0.39 is 25.9 Å². The molecule has 67 valence electrons. The first kappa shape index (κ1) is 10.6. The van der Waals surface area contributed by atoms with Gasteiger partial charge in [0.2, 0.25) is 0 Å². The molecular formula is C5H7F4O2. The van der Waals surface area contributed by atoms with Gasteiger partial charge in [-0.25, -0.2) is 4.39 Å². The number of ether oxygens (including phenoxy) is 2. The Balaban J connectivity index is 3.38. The molecule has 0 amide bonds. The second kappa shape index (κ2) is 4.50. The molecule has 1 atom stereocenters. The standard InChI is InChI=1S/C5H7F4O2/c1-4(10-3-6)2-11-5(7,8)9/h4H,1-3H2. The van der Waals surface area contributed by atoms with Crippen LogP contribution in [0.3, 0.4) is 0 Å². The predicted octanol–water partition coefficient (Wildman–Crippen LogP) is 1.67. The molecule has 0 heterocycles. The van der Waals surface area contributed by atoms with Crippen molar-refractivity contribution >= 4 is 0 Å². The minimum Gasteiger partial charge on any atom is -0.345 e. The summed E-state index contributed by atoms with van der Waals surface area (Å²) < 4.78 is 52.4. The number of rotatable bonds is 4. The highest BCUT2D eigenvalue weighted by Crippen LogP contribution is 2.16. The molecule has 0 saturated heterocycles. The fourth-order valence-corrected chi connectivity index (χ4v) is 0.325. The fraction of sp³-hybridized carbons (Fsp3) is 0.800. The monoisotopic (exact) mass is 175 g/mol. The third-order valence-electron chi connectivity index (χ3n) is 0.732. The summed E-state index contributed by atoms with van der Waals surface area (Å²) in [6, 6.07) is 0. The van der Waals surface area contributed by atoms with Crippen molar-refractivity contribution in [2.75, 3.05) is 13.5 Å². The van der Waals surface area contributed by atoms with Gasteiger partial charge in [0.15, 0.2) is 6.86 Å². The first-order chi connectivity index (χ1) is 4.95. The van der Waals surface area contributed by atoms with Crippen molar-refractivity contribution in [1.29, 1.82) is 0 Å². The molecule has 0 aromatic rings. The van der Waals surface area contributed by atoms with Crippen LogP contribution in [0.1, 0.15) is 0 Å². The van der Waals surface area contributed by atoms with Gasteiger partial charge in [0.25, 0.3) is 0 Å². The summed E-state index contributed by atoms with van der Waals surface area (Å²) in [6.07, 6.45) is -5.85. The van der Waals surface area contributed by atoms with Gasteiger partial charge in [-0.2, -0.15) is 0 Å². The van der Waals surface area contributed by atoms with Gasteiger partial charge < -0.3 is 4.74 Å². The van der Waals surface area contributed by atoms with Crippen molar-refractivity contribution in [3.8, 4) is 0 Å². The van der Waals surface area contributed by atoms with Crippen LogP contribution in [-0.2, 0) is 9.47 Å². The SMILES string of the molecule is [CH2]C(COC(F)(F)F)OCF. The molecule has 0 aliphatic rings. The van der Waals surface area contributed by atoms with Crippen LogP contribution in [0.5, 0.6) is 0 Å². The van der Waals surface area contributed by atoms with E-state index in [1.807, 2.05) is 0 Å². The molecule has 0 aromatic heterocycles. The van der Waals surface area contributed by atoms with Crippen molar-refractivity contribution in [2.45, 2.75) is 12.5 Å². The van der Waals surface area contributed by atoms with Gasteiger partial charge >= 0.3 is 6.36 Å². The van der Waals surface area contributed by atoms with Crippen LogP contribution in [0.2, 0.25) is 0 Å². The van der Waals surface area contributed by atoms with Gasteiger partial charge in [0, 0.05) is 0 Å². The normalized spacial score (nSPS) is 15.0. The maximum Gasteiger partial charge on any atom is 0.522 e. The first-order valence-electron chi connectivity index (χ1n) is 2.67. The molecular weight excluding hydrogens is 168 g/mol. The van der Waals surface area contributed by atoms with E-state index in [1.54, 1.807) is 0 Å². The molecule has 0 N–H and O–H groups in total. The molecule has 0 saturated carbocycles. The van der Waals surface area contributed by atoms with E-state index in [0.717, 1.165) is 0 Å². The zero-order valence-corrected chi connectivity index (χ0v) is 5.53. The lowest BCUT2D eigenvalue weighted by atomic mass is 10.4. The van der Waals surface area contributed by atoms with Crippen LogP contribution in [0.15, 0.2) is 0 Å². The molecule has 0 fully saturated rings. The topological polar surface area (TPSA) is 18.5 Å². The van der Waals surface area contributed by atoms with Crippen LogP contribution < -0.4 is 0 Å². The van der Waals surface area contributed by atoms with Gasteiger partial charge in [-0.15, -0.1) is 13.2 Å². The highest BCUT2D eigenvalue weighted by Gasteiger charge is 2.29. The van der Waals surface area contributed by atoms with Crippen molar-refractivity contribution in [2.24, 2.45) is 0 Å². The third kappa shape index (κ3) is 7.54. The fourth-order valence-electron chi connectivity index (χ4n) is 0.325. The molecule has 1 unspecified atom stereocenters. The molecule has 2 nitrogen and oxygen atoms in total.